The molecule has 0 aliphatic heterocycles. The molecule has 0 aliphatic carbocycles. The molecular formula is C17H28N2O3. The van der Waals surface area contributed by atoms with Crippen LogP contribution in [0.15, 0.2) is 0 Å². The minimum atomic E-state index is -0.388. The average Bonchev–Trinajstić information content (AvgIpc) is 2.72. The fourth-order valence-electron chi connectivity index (χ4n) is 2.44. The predicted octanol–water partition coefficient (Wildman–Crippen LogP) is 3.36. The SMILES string of the molecule is CCOC(=O)c1c(C)[nH]c(C(=O)NC(C)CCC(C)C)c1C. The number of esters is 1. The van der Waals surface area contributed by atoms with Crippen LogP contribution in [-0.4, -0.2) is 29.5 Å². The van der Waals surface area contributed by atoms with E-state index < -0.39 is 0 Å². The molecule has 0 radical (unpaired) electrons. The van der Waals surface area contributed by atoms with E-state index >= 15 is 0 Å². The van der Waals surface area contributed by atoms with Crippen molar-refractivity contribution in [2.24, 2.45) is 5.92 Å². The maximum absolute atomic E-state index is 12.4. The largest absolute Gasteiger partial charge is 0.462 e. The number of hydrogen-bond acceptors (Lipinski definition) is 3. The summed E-state index contributed by atoms with van der Waals surface area (Å²) >= 11 is 0. The number of carbonyl (C=O) groups is 2. The summed E-state index contributed by atoms with van der Waals surface area (Å²) in [4.78, 5) is 27.3. The molecule has 0 saturated carbocycles. The molecule has 5 nitrogen and oxygen atoms in total. The van der Waals surface area contributed by atoms with E-state index in [1.807, 2.05) is 6.92 Å². The van der Waals surface area contributed by atoms with Gasteiger partial charge >= 0.3 is 5.97 Å². The average molecular weight is 308 g/mol. The van der Waals surface area contributed by atoms with Crippen molar-refractivity contribution in [2.75, 3.05) is 6.61 Å². The van der Waals surface area contributed by atoms with Crippen LogP contribution in [0, 0.1) is 19.8 Å². The molecule has 0 saturated heterocycles. The molecule has 124 valence electrons. The van der Waals surface area contributed by atoms with Gasteiger partial charge in [-0.3, -0.25) is 4.79 Å². The van der Waals surface area contributed by atoms with E-state index in [-0.39, 0.29) is 17.9 Å². The maximum atomic E-state index is 12.4. The van der Waals surface area contributed by atoms with Crippen molar-refractivity contribution in [3.8, 4) is 0 Å². The zero-order chi connectivity index (χ0) is 16.9. The Balaban J connectivity index is 2.82. The van der Waals surface area contributed by atoms with Gasteiger partial charge in [-0.25, -0.2) is 4.79 Å². The van der Waals surface area contributed by atoms with E-state index in [9.17, 15) is 9.59 Å². The van der Waals surface area contributed by atoms with E-state index in [4.69, 9.17) is 4.74 Å². The van der Waals surface area contributed by atoms with Crippen molar-refractivity contribution in [2.45, 2.75) is 60.4 Å². The molecule has 1 rings (SSSR count). The molecule has 0 bridgehead atoms. The molecule has 1 amide bonds. The van der Waals surface area contributed by atoms with Gasteiger partial charge in [-0.1, -0.05) is 13.8 Å². The summed E-state index contributed by atoms with van der Waals surface area (Å²) in [5, 5.41) is 2.98. The smallest absolute Gasteiger partial charge is 0.340 e. The second-order valence-corrected chi connectivity index (χ2v) is 6.19. The Morgan fingerprint density at radius 1 is 1.18 bits per heavy atom. The molecule has 2 N–H and O–H groups in total. The monoisotopic (exact) mass is 308 g/mol. The standard InChI is InChI=1S/C17H28N2O3/c1-7-22-17(21)14-12(5)15(19-13(14)6)16(20)18-11(4)9-8-10(2)3/h10-11,19H,7-9H2,1-6H3,(H,18,20). The Labute approximate surface area is 132 Å². The van der Waals surface area contributed by atoms with Crippen molar-refractivity contribution in [3.05, 3.63) is 22.5 Å². The van der Waals surface area contributed by atoms with Gasteiger partial charge in [-0.2, -0.15) is 0 Å². The Morgan fingerprint density at radius 3 is 2.36 bits per heavy atom. The van der Waals surface area contributed by atoms with Gasteiger partial charge in [0.05, 0.1) is 12.2 Å². The molecular weight excluding hydrogens is 280 g/mol. The Bertz CT molecular complexity index is 532. The molecule has 1 heterocycles. The van der Waals surface area contributed by atoms with Gasteiger partial charge in [0.25, 0.3) is 5.91 Å². The van der Waals surface area contributed by atoms with Crippen LogP contribution in [0.3, 0.4) is 0 Å². The summed E-state index contributed by atoms with van der Waals surface area (Å²) in [5.41, 5.74) is 2.21. The van der Waals surface area contributed by atoms with Gasteiger partial charge in [0.2, 0.25) is 0 Å². The first-order valence-electron chi connectivity index (χ1n) is 7.95. The van der Waals surface area contributed by atoms with Crippen LogP contribution in [0.25, 0.3) is 0 Å². The predicted molar refractivity (Wildman–Crippen MR) is 87.2 cm³/mol. The highest BCUT2D eigenvalue weighted by Crippen LogP contribution is 2.19. The molecule has 0 fully saturated rings. The van der Waals surface area contributed by atoms with Crippen molar-refractivity contribution >= 4 is 11.9 Å². The number of H-pyrrole nitrogens is 1. The lowest BCUT2D eigenvalue weighted by Crippen LogP contribution is -2.33. The number of aromatic nitrogens is 1. The molecule has 5 heteroatoms. The first kappa shape index (κ1) is 18.3. The fraction of sp³-hybridized carbons (Fsp3) is 0.647. The number of hydrogen-bond donors (Lipinski definition) is 2. The minimum absolute atomic E-state index is 0.101. The van der Waals surface area contributed by atoms with Gasteiger partial charge in [0, 0.05) is 11.7 Å². The van der Waals surface area contributed by atoms with Gasteiger partial charge in [-0.15, -0.1) is 0 Å². The van der Waals surface area contributed by atoms with Crippen LogP contribution in [0.2, 0.25) is 0 Å². The zero-order valence-electron chi connectivity index (χ0n) is 14.5. The van der Waals surface area contributed by atoms with Crippen LogP contribution >= 0.6 is 0 Å². The normalized spacial score (nSPS) is 12.3. The van der Waals surface area contributed by atoms with Gasteiger partial charge in [0.15, 0.2) is 0 Å². The van der Waals surface area contributed by atoms with Crippen molar-refractivity contribution in [3.63, 3.8) is 0 Å². The molecule has 1 atom stereocenters. The highest BCUT2D eigenvalue weighted by Gasteiger charge is 2.23. The first-order chi connectivity index (χ1) is 10.3. The topological polar surface area (TPSA) is 71.2 Å². The van der Waals surface area contributed by atoms with Crippen LogP contribution in [0.4, 0.5) is 0 Å². The zero-order valence-corrected chi connectivity index (χ0v) is 14.5. The Kier molecular flexibility index (Phi) is 6.65. The van der Waals surface area contributed by atoms with Crippen LogP contribution in [0.1, 0.15) is 72.6 Å². The van der Waals surface area contributed by atoms with Crippen molar-refractivity contribution in [1.29, 1.82) is 0 Å². The number of rotatable bonds is 7. The summed E-state index contributed by atoms with van der Waals surface area (Å²) in [6, 6.07) is 0.101. The van der Waals surface area contributed by atoms with E-state index in [1.54, 1.807) is 20.8 Å². The van der Waals surface area contributed by atoms with Crippen molar-refractivity contribution < 1.29 is 14.3 Å². The molecule has 0 spiro atoms. The first-order valence-corrected chi connectivity index (χ1v) is 7.95. The molecule has 0 aromatic carbocycles. The molecule has 1 unspecified atom stereocenters. The lowest BCUT2D eigenvalue weighted by atomic mass is 10.0. The summed E-state index contributed by atoms with van der Waals surface area (Å²) in [5.74, 6) is 0.0531. The van der Waals surface area contributed by atoms with Crippen LogP contribution in [0.5, 0.6) is 0 Å². The summed E-state index contributed by atoms with van der Waals surface area (Å²) in [6.45, 7) is 12.0. The molecule has 1 aromatic heterocycles. The van der Waals surface area contributed by atoms with E-state index in [0.29, 0.717) is 35.0 Å². The van der Waals surface area contributed by atoms with E-state index in [2.05, 4.69) is 24.1 Å². The summed E-state index contributed by atoms with van der Waals surface area (Å²) < 4.78 is 5.04. The minimum Gasteiger partial charge on any atom is -0.462 e. The van der Waals surface area contributed by atoms with Crippen LogP contribution < -0.4 is 5.32 Å². The third-order valence-corrected chi connectivity index (χ3v) is 3.70. The third-order valence-electron chi connectivity index (χ3n) is 3.70. The van der Waals surface area contributed by atoms with Crippen LogP contribution in [-0.2, 0) is 4.74 Å². The summed E-state index contributed by atoms with van der Waals surface area (Å²) in [7, 11) is 0. The number of aryl methyl sites for hydroxylation is 1. The number of amides is 1. The molecule has 22 heavy (non-hydrogen) atoms. The second-order valence-electron chi connectivity index (χ2n) is 6.19. The Hall–Kier alpha value is -1.78. The van der Waals surface area contributed by atoms with Crippen molar-refractivity contribution in [1.82, 2.24) is 10.3 Å². The van der Waals surface area contributed by atoms with Gasteiger partial charge in [0.1, 0.15) is 5.69 Å². The van der Waals surface area contributed by atoms with E-state index in [1.165, 1.54) is 0 Å². The lowest BCUT2D eigenvalue weighted by Gasteiger charge is -2.15. The number of carbonyl (C=O) groups excluding carboxylic acids is 2. The number of ether oxygens (including phenoxy) is 1. The third kappa shape index (κ3) is 4.61. The Morgan fingerprint density at radius 2 is 1.82 bits per heavy atom. The summed E-state index contributed by atoms with van der Waals surface area (Å²) in [6.07, 6.45) is 2.01. The van der Waals surface area contributed by atoms with E-state index in [0.717, 1.165) is 12.8 Å². The lowest BCUT2D eigenvalue weighted by molar-refractivity contribution is 0.0525. The maximum Gasteiger partial charge on any atom is 0.340 e. The highest BCUT2D eigenvalue weighted by molar-refractivity contribution is 6.00. The number of nitrogens with one attached hydrogen (secondary N) is 2. The number of aromatic amines is 1. The second kappa shape index (κ2) is 8.01. The molecule has 1 aromatic rings. The quantitative estimate of drug-likeness (QED) is 0.759. The van der Waals surface area contributed by atoms with Gasteiger partial charge < -0.3 is 15.0 Å². The van der Waals surface area contributed by atoms with Gasteiger partial charge in [-0.05, 0) is 52.0 Å². The fourth-order valence-corrected chi connectivity index (χ4v) is 2.44. The highest BCUT2D eigenvalue weighted by atomic mass is 16.5. The molecule has 0 aliphatic rings.